The van der Waals surface area contributed by atoms with Crippen molar-refractivity contribution in [2.75, 3.05) is 19.8 Å². The van der Waals surface area contributed by atoms with Crippen LogP contribution < -0.4 is 15.5 Å². The van der Waals surface area contributed by atoms with Crippen molar-refractivity contribution in [2.24, 2.45) is 0 Å². The molecule has 14 heteroatoms. The Morgan fingerprint density at radius 1 is 0.913 bits per heavy atom. The van der Waals surface area contributed by atoms with E-state index in [1.54, 1.807) is 0 Å². The molecule has 2 aliphatic rings. The van der Waals surface area contributed by atoms with Gasteiger partial charge in [0.25, 0.3) is 5.91 Å². The lowest BCUT2D eigenvalue weighted by atomic mass is 9.91. The number of ketones is 1. The molecule has 8 nitrogen and oxygen atoms in total. The van der Waals surface area contributed by atoms with E-state index in [4.69, 9.17) is 14.3 Å². The summed E-state index contributed by atoms with van der Waals surface area (Å²) in [6, 6.07) is 5.44. The molecule has 46 heavy (non-hydrogen) atoms. The molecule has 1 aliphatic carbocycles. The van der Waals surface area contributed by atoms with E-state index < -0.39 is 41.1 Å². The lowest BCUT2D eigenvalue weighted by Gasteiger charge is -2.22. The van der Waals surface area contributed by atoms with Gasteiger partial charge in [-0.3, -0.25) is 14.4 Å². The number of Topliss-reactive ketones (excluding diaryl/α,β-unsaturated/α-hetero) is 1. The lowest BCUT2D eigenvalue weighted by molar-refractivity contribution is -0.200. The molecule has 0 aromatic heterocycles. The molecular formula is C32H32F6N2O6. The van der Waals surface area contributed by atoms with Crippen LogP contribution in [0.15, 0.2) is 48.0 Å². The maximum atomic E-state index is 13.2. The first-order valence-corrected chi connectivity index (χ1v) is 14.6. The van der Waals surface area contributed by atoms with Crippen molar-refractivity contribution in [1.82, 2.24) is 10.8 Å². The van der Waals surface area contributed by atoms with Crippen LogP contribution in [0.1, 0.15) is 77.6 Å². The maximum absolute atomic E-state index is 13.2. The summed E-state index contributed by atoms with van der Waals surface area (Å²) >= 11 is 0. The van der Waals surface area contributed by atoms with E-state index in [1.165, 1.54) is 30.4 Å². The molecule has 1 atom stereocenters. The van der Waals surface area contributed by atoms with Crippen molar-refractivity contribution in [1.29, 1.82) is 0 Å². The highest BCUT2D eigenvalue weighted by atomic mass is 19.4. The van der Waals surface area contributed by atoms with Crippen molar-refractivity contribution in [3.63, 3.8) is 0 Å². The number of allylic oxidation sites excluding steroid dienone is 2. The average molecular weight is 655 g/mol. The number of halogens is 6. The van der Waals surface area contributed by atoms with Crippen molar-refractivity contribution >= 4 is 29.7 Å². The number of nitrogens with one attached hydrogen (secondary N) is 2. The molecule has 0 saturated carbocycles. The molecule has 1 heterocycles. The Labute approximate surface area is 260 Å². The van der Waals surface area contributed by atoms with Crippen LogP contribution in [0.5, 0.6) is 5.75 Å². The first-order chi connectivity index (χ1) is 21.8. The van der Waals surface area contributed by atoms with Gasteiger partial charge in [0.15, 0.2) is 18.7 Å². The van der Waals surface area contributed by atoms with Gasteiger partial charge in [0, 0.05) is 37.1 Å². The van der Waals surface area contributed by atoms with E-state index in [0.29, 0.717) is 50.1 Å². The van der Waals surface area contributed by atoms with Gasteiger partial charge in [-0.25, -0.2) is 10.3 Å². The molecule has 4 rings (SSSR count). The summed E-state index contributed by atoms with van der Waals surface area (Å²) in [4.78, 5) is 42.2. The number of amides is 2. The molecule has 1 saturated heterocycles. The third kappa shape index (κ3) is 10.2. The van der Waals surface area contributed by atoms with Gasteiger partial charge in [-0.15, -0.1) is 0 Å². The van der Waals surface area contributed by atoms with Gasteiger partial charge < -0.3 is 14.8 Å². The fraction of sp³-hybridized carbons (Fsp3) is 0.406. The Kier molecular flexibility index (Phi) is 11.6. The van der Waals surface area contributed by atoms with Crippen molar-refractivity contribution in [3.05, 3.63) is 75.9 Å². The van der Waals surface area contributed by atoms with Gasteiger partial charge in [0.2, 0.25) is 5.91 Å². The predicted molar refractivity (Wildman–Crippen MR) is 154 cm³/mol. The highest BCUT2D eigenvalue weighted by Crippen LogP contribution is 2.37. The maximum Gasteiger partial charge on any atom is 0.416 e. The molecule has 1 aliphatic heterocycles. The van der Waals surface area contributed by atoms with Crippen LogP contribution >= 0.6 is 0 Å². The van der Waals surface area contributed by atoms with E-state index in [2.05, 4.69) is 10.8 Å². The number of benzene rings is 2. The summed E-state index contributed by atoms with van der Waals surface area (Å²) in [5.74, 6) is -0.947. The normalized spacial score (nSPS) is 17.5. The Balaban J connectivity index is 1.22. The Bertz CT molecular complexity index is 1450. The summed E-state index contributed by atoms with van der Waals surface area (Å²) in [5.41, 5.74) is -0.530. The summed E-state index contributed by atoms with van der Waals surface area (Å²) in [6.07, 6.45) is -1.76. The number of hydrogen-bond donors (Lipinski definition) is 2. The van der Waals surface area contributed by atoms with Crippen LogP contribution in [0.2, 0.25) is 0 Å². The van der Waals surface area contributed by atoms with Crippen LogP contribution in [0.3, 0.4) is 0 Å². The Morgan fingerprint density at radius 2 is 1.65 bits per heavy atom. The third-order valence-electron chi connectivity index (χ3n) is 7.12. The SMILES string of the molecule is O=C(COc1ccc2c(c1)C=C/C(=C\c1cc(C(F)(F)F)cc(C(F)(F)F)c1)C2=O)NCCCCCC(=O)NOC1CCCCO1. The van der Waals surface area contributed by atoms with E-state index in [9.17, 15) is 40.7 Å². The highest BCUT2D eigenvalue weighted by molar-refractivity contribution is 6.17. The predicted octanol–water partition coefficient (Wildman–Crippen LogP) is 6.65. The number of fused-ring (bicyclic) bond motifs is 1. The largest absolute Gasteiger partial charge is 0.484 e. The zero-order valence-corrected chi connectivity index (χ0v) is 24.6. The lowest BCUT2D eigenvalue weighted by Crippen LogP contribution is -2.33. The van der Waals surface area contributed by atoms with Crippen molar-refractivity contribution in [2.45, 2.75) is 63.6 Å². The minimum Gasteiger partial charge on any atom is -0.484 e. The van der Waals surface area contributed by atoms with Gasteiger partial charge in [-0.2, -0.15) is 26.3 Å². The van der Waals surface area contributed by atoms with Crippen LogP contribution in [0, 0.1) is 0 Å². The number of carbonyl (C=O) groups excluding carboxylic acids is 3. The zero-order chi connectivity index (χ0) is 33.3. The fourth-order valence-corrected chi connectivity index (χ4v) is 4.74. The zero-order valence-electron chi connectivity index (χ0n) is 24.6. The quantitative estimate of drug-likeness (QED) is 0.115. The second kappa shape index (κ2) is 15.4. The molecule has 0 bridgehead atoms. The minimum atomic E-state index is -5.01. The van der Waals surface area contributed by atoms with Crippen molar-refractivity contribution in [3.8, 4) is 5.75 Å². The molecule has 2 aromatic rings. The Morgan fingerprint density at radius 3 is 2.33 bits per heavy atom. The first kappa shape index (κ1) is 34.7. The number of hydroxylamine groups is 1. The van der Waals surface area contributed by atoms with Crippen LogP contribution in [-0.2, 0) is 31.5 Å². The fourth-order valence-electron chi connectivity index (χ4n) is 4.74. The summed E-state index contributed by atoms with van der Waals surface area (Å²) in [6.45, 7) is 0.686. The number of alkyl halides is 6. The first-order valence-electron chi connectivity index (χ1n) is 14.6. The number of hydrogen-bond acceptors (Lipinski definition) is 6. The second-order valence-electron chi connectivity index (χ2n) is 10.7. The summed E-state index contributed by atoms with van der Waals surface area (Å²) in [7, 11) is 0. The number of carbonyl (C=O) groups is 3. The molecule has 2 aromatic carbocycles. The average Bonchev–Trinajstić information content (AvgIpc) is 3.01. The smallest absolute Gasteiger partial charge is 0.416 e. The molecular weight excluding hydrogens is 622 g/mol. The van der Waals surface area contributed by atoms with E-state index in [-0.39, 0.29) is 47.8 Å². The topological polar surface area (TPSA) is 103 Å². The molecule has 1 unspecified atom stereocenters. The van der Waals surface area contributed by atoms with E-state index >= 15 is 0 Å². The third-order valence-corrected chi connectivity index (χ3v) is 7.12. The molecule has 248 valence electrons. The minimum absolute atomic E-state index is 0.0201. The standard InChI is InChI=1S/C32H32F6N2O6/c33-31(34,35)23-15-20(16-24(18-23)32(36,37)38)14-22-9-8-21-17-25(10-11-26(21)30(22)43)45-19-28(42)39-12-4-1-2-6-27(41)40-46-29-7-3-5-13-44-29/h8-11,14-18,29H,1-7,12-13,19H2,(H,39,42)(H,40,41)/b22-14+. The highest BCUT2D eigenvalue weighted by Gasteiger charge is 2.37. The second-order valence-corrected chi connectivity index (χ2v) is 10.7. The van der Waals surface area contributed by atoms with Gasteiger partial charge in [-0.05, 0) is 79.3 Å². The summed E-state index contributed by atoms with van der Waals surface area (Å²) in [5, 5.41) is 2.71. The van der Waals surface area contributed by atoms with Crippen LogP contribution in [0.25, 0.3) is 12.2 Å². The Hall–Kier alpha value is -4.17. The number of unbranched alkanes of at least 4 members (excludes halogenated alkanes) is 2. The van der Waals surface area contributed by atoms with Gasteiger partial charge in [0.05, 0.1) is 11.1 Å². The summed E-state index contributed by atoms with van der Waals surface area (Å²) < 4.78 is 90.2. The van der Waals surface area contributed by atoms with Gasteiger partial charge in [-0.1, -0.05) is 18.6 Å². The van der Waals surface area contributed by atoms with Crippen LogP contribution in [0.4, 0.5) is 26.3 Å². The molecule has 2 amide bonds. The van der Waals surface area contributed by atoms with E-state index in [0.717, 1.165) is 25.3 Å². The molecule has 0 radical (unpaired) electrons. The molecule has 2 N–H and O–H groups in total. The number of ether oxygens (including phenoxy) is 2. The van der Waals surface area contributed by atoms with Crippen molar-refractivity contribution < 1.29 is 55.0 Å². The van der Waals surface area contributed by atoms with Gasteiger partial charge >= 0.3 is 12.4 Å². The number of rotatable bonds is 12. The van der Waals surface area contributed by atoms with Crippen LogP contribution in [-0.4, -0.2) is 43.6 Å². The van der Waals surface area contributed by atoms with E-state index in [1.807, 2.05) is 0 Å². The molecule has 1 fully saturated rings. The monoisotopic (exact) mass is 654 g/mol. The molecule has 0 spiro atoms. The van der Waals surface area contributed by atoms with Gasteiger partial charge in [0.1, 0.15) is 5.75 Å².